The molecule has 29 heavy (non-hydrogen) atoms. The van der Waals surface area contributed by atoms with Crippen LogP contribution < -0.4 is 10.6 Å². The van der Waals surface area contributed by atoms with Crippen LogP contribution in [0.3, 0.4) is 0 Å². The topological polar surface area (TPSA) is 84.2 Å². The lowest BCUT2D eigenvalue weighted by Crippen LogP contribution is -2.34. The van der Waals surface area contributed by atoms with E-state index in [0.717, 1.165) is 27.0 Å². The smallest absolute Gasteiger partial charge is 0.257 e. The molecule has 4 aromatic rings. The summed E-state index contributed by atoms with van der Waals surface area (Å²) in [6, 6.07) is 12.1. The van der Waals surface area contributed by atoms with Crippen molar-refractivity contribution in [1.82, 2.24) is 25.1 Å². The molecule has 11 heteroatoms. The molecule has 7 nitrogen and oxygen atoms in total. The van der Waals surface area contributed by atoms with Gasteiger partial charge in [-0.15, -0.1) is 10.2 Å². The number of carbonyl (C=O) groups is 1. The van der Waals surface area contributed by atoms with Gasteiger partial charge in [-0.05, 0) is 61.6 Å². The third-order valence-corrected chi connectivity index (χ3v) is 5.84. The van der Waals surface area contributed by atoms with Crippen LogP contribution >= 0.6 is 46.8 Å². The van der Waals surface area contributed by atoms with Gasteiger partial charge in [0.25, 0.3) is 5.91 Å². The van der Waals surface area contributed by atoms with Gasteiger partial charge in [-0.2, -0.15) is 9.61 Å². The van der Waals surface area contributed by atoms with E-state index < -0.39 is 0 Å². The van der Waals surface area contributed by atoms with Crippen molar-refractivity contribution in [1.29, 1.82) is 0 Å². The zero-order valence-corrected chi connectivity index (χ0v) is 18.0. The number of benzene rings is 2. The molecular weight excluding hydrogens is 451 g/mol. The van der Waals surface area contributed by atoms with Crippen LogP contribution in [0.1, 0.15) is 16.2 Å². The maximum absolute atomic E-state index is 12.3. The molecular formula is C18H12Cl2N6OS2. The molecule has 0 unspecified atom stereocenters. The van der Waals surface area contributed by atoms with E-state index in [2.05, 4.69) is 25.9 Å². The monoisotopic (exact) mass is 462 g/mol. The molecule has 0 atom stereocenters. The first-order chi connectivity index (χ1) is 13.9. The Morgan fingerprint density at radius 2 is 1.86 bits per heavy atom. The highest BCUT2D eigenvalue weighted by Crippen LogP contribution is 2.26. The fourth-order valence-corrected chi connectivity index (χ4v) is 3.90. The quantitative estimate of drug-likeness (QED) is 0.433. The van der Waals surface area contributed by atoms with Crippen molar-refractivity contribution in [2.75, 3.05) is 5.32 Å². The van der Waals surface area contributed by atoms with Crippen LogP contribution in [0.15, 0.2) is 42.5 Å². The maximum Gasteiger partial charge on any atom is 0.257 e. The van der Waals surface area contributed by atoms with Crippen LogP contribution in [0.25, 0.3) is 15.5 Å². The number of hydrogen-bond donors (Lipinski definition) is 2. The minimum Gasteiger partial charge on any atom is -0.332 e. The van der Waals surface area contributed by atoms with Crippen molar-refractivity contribution < 1.29 is 4.79 Å². The van der Waals surface area contributed by atoms with Gasteiger partial charge >= 0.3 is 0 Å². The lowest BCUT2D eigenvalue weighted by atomic mass is 10.2. The normalized spacial score (nSPS) is 10.9. The van der Waals surface area contributed by atoms with Gasteiger partial charge in [0, 0.05) is 16.8 Å². The molecule has 4 rings (SSSR count). The summed E-state index contributed by atoms with van der Waals surface area (Å²) in [5.41, 5.74) is 2.03. The van der Waals surface area contributed by atoms with Crippen LogP contribution in [0, 0.1) is 6.92 Å². The molecule has 0 saturated heterocycles. The summed E-state index contributed by atoms with van der Waals surface area (Å²) in [5.74, 6) is 0.358. The van der Waals surface area contributed by atoms with Crippen molar-refractivity contribution >= 4 is 68.4 Å². The predicted molar refractivity (Wildman–Crippen MR) is 119 cm³/mol. The average Bonchev–Trinajstić information content (AvgIpc) is 3.26. The van der Waals surface area contributed by atoms with Gasteiger partial charge in [-0.25, -0.2) is 0 Å². The molecule has 146 valence electrons. The highest BCUT2D eigenvalue weighted by atomic mass is 35.5. The number of aromatic nitrogens is 4. The first kappa shape index (κ1) is 19.7. The molecule has 0 aliphatic rings. The van der Waals surface area contributed by atoms with Gasteiger partial charge in [-0.1, -0.05) is 34.5 Å². The van der Waals surface area contributed by atoms with E-state index in [0.29, 0.717) is 15.6 Å². The van der Waals surface area contributed by atoms with Gasteiger partial charge in [0.2, 0.25) is 4.96 Å². The Kier molecular flexibility index (Phi) is 5.46. The Labute approximate surface area is 184 Å². The van der Waals surface area contributed by atoms with Crippen LogP contribution in [0.2, 0.25) is 10.0 Å². The van der Waals surface area contributed by atoms with Crippen molar-refractivity contribution in [3.05, 3.63) is 63.9 Å². The Balaban J connectivity index is 1.42. The number of hydrogen-bond acceptors (Lipinski definition) is 6. The third kappa shape index (κ3) is 4.23. The van der Waals surface area contributed by atoms with E-state index in [1.807, 2.05) is 31.2 Å². The van der Waals surface area contributed by atoms with Crippen molar-refractivity contribution in [3.63, 3.8) is 0 Å². The fourth-order valence-electron chi connectivity index (χ4n) is 2.50. The number of amides is 1. The number of nitrogens with one attached hydrogen (secondary N) is 2. The summed E-state index contributed by atoms with van der Waals surface area (Å²) < 4.78 is 1.71. The first-order valence-corrected chi connectivity index (χ1v) is 10.3. The van der Waals surface area contributed by atoms with Crippen molar-refractivity contribution in [3.8, 4) is 10.6 Å². The number of halogens is 2. The van der Waals surface area contributed by atoms with Gasteiger partial charge in [0.05, 0.1) is 10.0 Å². The number of rotatable bonds is 3. The summed E-state index contributed by atoms with van der Waals surface area (Å²) in [5, 5.41) is 19.8. The number of carbonyl (C=O) groups excluding carboxylic acids is 1. The van der Waals surface area contributed by atoms with Crippen LogP contribution in [0.4, 0.5) is 5.69 Å². The zero-order chi connectivity index (χ0) is 20.5. The van der Waals surface area contributed by atoms with Gasteiger partial charge in [0.15, 0.2) is 10.9 Å². The molecule has 2 N–H and O–H groups in total. The molecule has 2 aromatic carbocycles. The lowest BCUT2D eigenvalue weighted by Gasteiger charge is -2.10. The van der Waals surface area contributed by atoms with Gasteiger partial charge in [-0.3, -0.25) is 10.1 Å². The Morgan fingerprint density at radius 3 is 2.55 bits per heavy atom. The van der Waals surface area contributed by atoms with E-state index >= 15 is 0 Å². The molecule has 0 saturated carbocycles. The zero-order valence-electron chi connectivity index (χ0n) is 14.8. The Morgan fingerprint density at radius 1 is 1.10 bits per heavy atom. The average molecular weight is 463 g/mol. The number of anilines is 1. The summed E-state index contributed by atoms with van der Waals surface area (Å²) >= 11 is 18.5. The molecule has 2 heterocycles. The molecule has 0 radical (unpaired) electrons. The summed E-state index contributed by atoms with van der Waals surface area (Å²) in [7, 11) is 0. The second-order valence-electron chi connectivity index (χ2n) is 5.96. The SMILES string of the molecule is Cc1nnc2sc(-c3ccc(NC(=S)NC(=O)c4ccc(Cl)c(Cl)c4)cc3)nn12. The van der Waals surface area contributed by atoms with Crippen LogP contribution in [0.5, 0.6) is 0 Å². The maximum atomic E-state index is 12.3. The minimum absolute atomic E-state index is 0.170. The van der Waals surface area contributed by atoms with Gasteiger partial charge < -0.3 is 5.32 Å². The van der Waals surface area contributed by atoms with E-state index in [1.54, 1.807) is 16.6 Å². The summed E-state index contributed by atoms with van der Waals surface area (Å²) in [6.07, 6.45) is 0. The summed E-state index contributed by atoms with van der Waals surface area (Å²) in [4.78, 5) is 13.0. The molecule has 0 spiro atoms. The van der Waals surface area contributed by atoms with E-state index in [9.17, 15) is 4.79 Å². The standard InChI is InChI=1S/C18H12Cl2N6OS2/c1-9-23-24-18-26(9)25-16(29-18)10-2-5-12(6-3-10)21-17(28)22-15(27)11-4-7-13(19)14(20)8-11/h2-8H,1H3,(H2,21,22,27,28). The van der Waals surface area contributed by atoms with Crippen molar-refractivity contribution in [2.45, 2.75) is 6.92 Å². The molecule has 0 fully saturated rings. The second kappa shape index (κ2) is 8.03. The highest BCUT2D eigenvalue weighted by molar-refractivity contribution is 7.80. The molecule has 0 aliphatic carbocycles. The first-order valence-electron chi connectivity index (χ1n) is 8.27. The highest BCUT2D eigenvalue weighted by Gasteiger charge is 2.12. The van der Waals surface area contributed by atoms with E-state index in [1.165, 1.54) is 17.4 Å². The largest absolute Gasteiger partial charge is 0.332 e. The molecule has 2 aromatic heterocycles. The predicted octanol–water partition coefficient (Wildman–Crippen LogP) is 4.59. The molecule has 0 aliphatic heterocycles. The number of nitrogens with zero attached hydrogens (tertiary/aromatic N) is 4. The Bertz CT molecular complexity index is 1240. The Hall–Kier alpha value is -2.59. The minimum atomic E-state index is -0.382. The fraction of sp³-hybridized carbons (Fsp3) is 0.0556. The number of thiocarbonyl (C=S) groups is 1. The van der Waals surface area contributed by atoms with Gasteiger partial charge in [0.1, 0.15) is 5.01 Å². The van der Waals surface area contributed by atoms with Crippen LogP contribution in [-0.4, -0.2) is 30.8 Å². The van der Waals surface area contributed by atoms with E-state index in [-0.39, 0.29) is 11.0 Å². The number of aryl methyl sites for hydroxylation is 1. The molecule has 0 bridgehead atoms. The van der Waals surface area contributed by atoms with Crippen LogP contribution in [-0.2, 0) is 0 Å². The lowest BCUT2D eigenvalue weighted by molar-refractivity contribution is 0.0977. The number of fused-ring (bicyclic) bond motifs is 1. The second-order valence-corrected chi connectivity index (χ2v) is 8.14. The van der Waals surface area contributed by atoms with Crippen molar-refractivity contribution in [2.24, 2.45) is 0 Å². The summed E-state index contributed by atoms with van der Waals surface area (Å²) in [6.45, 7) is 1.85. The van der Waals surface area contributed by atoms with E-state index in [4.69, 9.17) is 35.4 Å². The molecule has 1 amide bonds. The third-order valence-electron chi connectivity index (χ3n) is 3.95.